The van der Waals surface area contributed by atoms with Gasteiger partial charge in [0.1, 0.15) is 17.7 Å². The van der Waals surface area contributed by atoms with Crippen molar-refractivity contribution in [3.63, 3.8) is 0 Å². The third kappa shape index (κ3) is 7.26. The molecule has 0 aliphatic heterocycles. The van der Waals surface area contributed by atoms with Gasteiger partial charge < -0.3 is 20.7 Å². The van der Waals surface area contributed by atoms with Crippen LogP contribution in [-0.2, 0) is 0 Å². The number of rotatable bonds is 9. The molecule has 0 aliphatic carbocycles. The lowest BCUT2D eigenvalue weighted by Crippen LogP contribution is -2.44. The van der Waals surface area contributed by atoms with Gasteiger partial charge in [-0.1, -0.05) is 31.2 Å². The summed E-state index contributed by atoms with van der Waals surface area (Å²) in [6.45, 7) is 3.51. The minimum absolute atomic E-state index is 0.111. The van der Waals surface area contributed by atoms with Crippen molar-refractivity contribution >= 4 is 11.9 Å². The number of carbonyl (C=O) groups excluding carboxylic acids is 1. The van der Waals surface area contributed by atoms with Crippen LogP contribution in [0, 0.1) is 5.82 Å². The van der Waals surface area contributed by atoms with Gasteiger partial charge in [0.05, 0.1) is 6.54 Å². The Morgan fingerprint density at radius 2 is 1.82 bits per heavy atom. The lowest BCUT2D eigenvalue weighted by molar-refractivity contribution is 0.0954. The van der Waals surface area contributed by atoms with Crippen molar-refractivity contribution in [3.8, 4) is 5.75 Å². The lowest BCUT2D eigenvalue weighted by atomic mass is 10.2. The summed E-state index contributed by atoms with van der Waals surface area (Å²) in [5, 5.41) is 9.17. The van der Waals surface area contributed by atoms with Crippen LogP contribution in [0.5, 0.6) is 5.75 Å². The molecule has 2 aromatic carbocycles. The van der Waals surface area contributed by atoms with Crippen LogP contribution in [0.4, 0.5) is 4.39 Å². The van der Waals surface area contributed by atoms with Gasteiger partial charge in [-0.15, -0.1) is 0 Å². The number of halogens is 1. The fourth-order valence-electron chi connectivity index (χ4n) is 2.48. The zero-order valence-electron chi connectivity index (χ0n) is 16.2. The smallest absolute Gasteiger partial charge is 0.251 e. The van der Waals surface area contributed by atoms with E-state index in [9.17, 15) is 9.18 Å². The van der Waals surface area contributed by atoms with E-state index in [1.165, 1.54) is 12.1 Å². The second kappa shape index (κ2) is 11.6. The maximum Gasteiger partial charge on any atom is 0.251 e. The van der Waals surface area contributed by atoms with E-state index in [1.807, 2.05) is 25.1 Å². The highest BCUT2D eigenvalue weighted by molar-refractivity contribution is 5.94. The number of nitrogens with one attached hydrogen (secondary N) is 3. The minimum Gasteiger partial charge on any atom is -0.489 e. The Morgan fingerprint density at radius 1 is 1.07 bits per heavy atom. The highest BCUT2D eigenvalue weighted by atomic mass is 19.1. The SMILES string of the molecule is CCC(CNC(=NC)NCCNC(=O)c1ccccc1)Oc1cccc(F)c1. The van der Waals surface area contributed by atoms with Crippen molar-refractivity contribution in [1.82, 2.24) is 16.0 Å². The molecule has 6 nitrogen and oxygen atoms in total. The summed E-state index contributed by atoms with van der Waals surface area (Å²) in [6, 6.07) is 15.2. The minimum atomic E-state index is -0.324. The Kier molecular flexibility index (Phi) is 8.78. The highest BCUT2D eigenvalue weighted by Crippen LogP contribution is 2.14. The van der Waals surface area contributed by atoms with Crippen molar-refractivity contribution < 1.29 is 13.9 Å². The zero-order valence-corrected chi connectivity index (χ0v) is 16.2. The number of carbonyl (C=O) groups is 1. The maximum atomic E-state index is 13.3. The van der Waals surface area contributed by atoms with E-state index in [-0.39, 0.29) is 17.8 Å². The van der Waals surface area contributed by atoms with Gasteiger partial charge in [-0.05, 0) is 30.7 Å². The van der Waals surface area contributed by atoms with Gasteiger partial charge >= 0.3 is 0 Å². The van der Waals surface area contributed by atoms with Crippen LogP contribution < -0.4 is 20.7 Å². The number of guanidine groups is 1. The van der Waals surface area contributed by atoms with Crippen LogP contribution in [0.1, 0.15) is 23.7 Å². The van der Waals surface area contributed by atoms with Crippen molar-refractivity contribution in [3.05, 3.63) is 66.0 Å². The first-order valence-electron chi connectivity index (χ1n) is 9.32. The molecule has 7 heteroatoms. The molecule has 0 bridgehead atoms. The predicted molar refractivity (Wildman–Crippen MR) is 109 cm³/mol. The molecule has 0 saturated carbocycles. The van der Waals surface area contributed by atoms with E-state index in [1.54, 1.807) is 31.3 Å². The number of hydrogen-bond donors (Lipinski definition) is 3. The van der Waals surface area contributed by atoms with Gasteiger partial charge in [0.25, 0.3) is 5.91 Å². The van der Waals surface area contributed by atoms with Gasteiger partial charge in [-0.25, -0.2) is 4.39 Å². The molecular formula is C21H27FN4O2. The number of ether oxygens (including phenoxy) is 1. The summed E-state index contributed by atoms with van der Waals surface area (Å²) >= 11 is 0. The number of nitrogens with zero attached hydrogens (tertiary/aromatic N) is 1. The van der Waals surface area contributed by atoms with Crippen molar-refractivity contribution in [2.45, 2.75) is 19.4 Å². The molecule has 28 heavy (non-hydrogen) atoms. The molecule has 0 aliphatic rings. The number of hydrogen-bond acceptors (Lipinski definition) is 3. The van der Waals surface area contributed by atoms with E-state index < -0.39 is 0 Å². The van der Waals surface area contributed by atoms with Crippen LogP contribution in [0.15, 0.2) is 59.6 Å². The van der Waals surface area contributed by atoms with Gasteiger partial charge in [-0.3, -0.25) is 9.79 Å². The first-order valence-corrected chi connectivity index (χ1v) is 9.32. The van der Waals surface area contributed by atoms with Crippen LogP contribution in [0.3, 0.4) is 0 Å². The molecule has 0 saturated heterocycles. The third-order valence-electron chi connectivity index (χ3n) is 4.01. The van der Waals surface area contributed by atoms with Crippen LogP contribution in [0.2, 0.25) is 0 Å². The van der Waals surface area contributed by atoms with E-state index in [2.05, 4.69) is 20.9 Å². The Labute approximate surface area is 165 Å². The number of aliphatic imine (C=N–C) groups is 1. The Morgan fingerprint density at radius 3 is 2.50 bits per heavy atom. The van der Waals surface area contributed by atoms with E-state index in [0.29, 0.717) is 36.9 Å². The summed E-state index contributed by atoms with van der Waals surface area (Å²) in [6.07, 6.45) is 0.631. The quantitative estimate of drug-likeness (QED) is 0.352. The molecule has 1 unspecified atom stereocenters. The maximum absolute atomic E-state index is 13.3. The summed E-state index contributed by atoms with van der Waals surface area (Å²) in [5.41, 5.74) is 0.630. The normalized spacial score (nSPS) is 12.2. The molecular weight excluding hydrogens is 359 g/mol. The summed E-state index contributed by atoms with van der Waals surface area (Å²) < 4.78 is 19.1. The molecule has 2 aromatic rings. The van der Waals surface area contributed by atoms with Crippen LogP contribution >= 0.6 is 0 Å². The molecule has 3 N–H and O–H groups in total. The van der Waals surface area contributed by atoms with Gasteiger partial charge in [0.2, 0.25) is 0 Å². The average Bonchev–Trinajstić information content (AvgIpc) is 2.72. The molecule has 2 rings (SSSR count). The highest BCUT2D eigenvalue weighted by Gasteiger charge is 2.10. The molecule has 0 spiro atoms. The second-order valence-electron chi connectivity index (χ2n) is 6.11. The molecule has 0 heterocycles. The van der Waals surface area contributed by atoms with E-state index >= 15 is 0 Å². The summed E-state index contributed by atoms with van der Waals surface area (Å²) in [4.78, 5) is 16.1. The van der Waals surface area contributed by atoms with Crippen molar-refractivity contribution in [2.75, 3.05) is 26.7 Å². The number of amides is 1. The predicted octanol–water partition coefficient (Wildman–Crippen LogP) is 2.58. The second-order valence-corrected chi connectivity index (χ2v) is 6.11. The van der Waals surface area contributed by atoms with E-state index in [0.717, 1.165) is 6.42 Å². The van der Waals surface area contributed by atoms with Gasteiger partial charge in [0, 0.05) is 31.8 Å². The molecule has 150 valence electrons. The third-order valence-corrected chi connectivity index (χ3v) is 4.01. The van der Waals surface area contributed by atoms with E-state index in [4.69, 9.17) is 4.74 Å². The van der Waals surface area contributed by atoms with Crippen molar-refractivity contribution in [1.29, 1.82) is 0 Å². The monoisotopic (exact) mass is 386 g/mol. The number of benzene rings is 2. The lowest BCUT2D eigenvalue weighted by Gasteiger charge is -2.20. The van der Waals surface area contributed by atoms with Crippen LogP contribution in [0.25, 0.3) is 0 Å². The van der Waals surface area contributed by atoms with Gasteiger partial charge in [0.15, 0.2) is 5.96 Å². The largest absolute Gasteiger partial charge is 0.489 e. The first-order chi connectivity index (χ1) is 13.6. The molecule has 1 amide bonds. The van der Waals surface area contributed by atoms with Crippen molar-refractivity contribution in [2.24, 2.45) is 4.99 Å². The van der Waals surface area contributed by atoms with Gasteiger partial charge in [-0.2, -0.15) is 0 Å². The molecule has 1 atom stereocenters. The molecule has 0 radical (unpaired) electrons. The summed E-state index contributed by atoms with van der Waals surface area (Å²) in [7, 11) is 1.67. The van der Waals surface area contributed by atoms with Crippen LogP contribution in [-0.4, -0.2) is 44.7 Å². The Balaban J connectivity index is 1.70. The Bertz CT molecular complexity index is 768. The standard InChI is InChI=1S/C21H27FN4O2/c1-3-18(28-19-11-7-10-17(22)14-19)15-26-21(23-2)25-13-12-24-20(27)16-8-5-4-6-9-16/h4-11,14,18H,3,12-13,15H2,1-2H3,(H,24,27)(H2,23,25,26). The zero-order chi connectivity index (χ0) is 20.2. The fourth-order valence-corrected chi connectivity index (χ4v) is 2.48. The average molecular weight is 386 g/mol. The summed E-state index contributed by atoms with van der Waals surface area (Å²) in [5.74, 6) is 0.672. The molecule has 0 aromatic heterocycles. The first kappa shape index (κ1) is 21.2. The fraction of sp³-hybridized carbons (Fsp3) is 0.333. The Hall–Kier alpha value is -3.09. The topological polar surface area (TPSA) is 74.8 Å². The molecule has 0 fully saturated rings.